The maximum Gasteiger partial charge on any atom is 0.269 e. The Kier molecular flexibility index (Phi) is 5.21. The number of nitrogens with one attached hydrogen (secondary N) is 2. The van der Waals surface area contributed by atoms with Gasteiger partial charge in [0.1, 0.15) is 0 Å². The van der Waals surface area contributed by atoms with Crippen LogP contribution in [0.15, 0.2) is 59.0 Å². The summed E-state index contributed by atoms with van der Waals surface area (Å²) in [6.45, 7) is 5.72. The maximum absolute atomic E-state index is 12.4. The molecule has 0 atom stereocenters. The third kappa shape index (κ3) is 4.17. The number of benzene rings is 2. The molecule has 0 fully saturated rings. The molecular formula is C22H20N6O2. The average Bonchev–Trinajstić information content (AvgIpc) is 3.22. The summed E-state index contributed by atoms with van der Waals surface area (Å²) >= 11 is 0. The molecule has 8 heteroatoms. The van der Waals surface area contributed by atoms with E-state index in [0.29, 0.717) is 23.3 Å². The van der Waals surface area contributed by atoms with Crippen molar-refractivity contribution in [1.29, 1.82) is 0 Å². The first-order valence-corrected chi connectivity index (χ1v) is 9.38. The molecule has 2 N–H and O–H groups in total. The van der Waals surface area contributed by atoms with Gasteiger partial charge in [-0.1, -0.05) is 18.2 Å². The zero-order chi connectivity index (χ0) is 21.1. The van der Waals surface area contributed by atoms with Crippen LogP contribution >= 0.6 is 0 Å². The summed E-state index contributed by atoms with van der Waals surface area (Å²) in [4.78, 5) is 20.8. The monoisotopic (exact) mass is 400 g/mol. The van der Waals surface area contributed by atoms with Crippen molar-refractivity contribution in [3.05, 3.63) is 77.1 Å². The highest BCUT2D eigenvalue weighted by Gasteiger charge is 2.13. The quantitative estimate of drug-likeness (QED) is 0.490. The third-order valence-electron chi connectivity index (χ3n) is 4.46. The van der Waals surface area contributed by atoms with Crippen LogP contribution in [0.4, 0.5) is 5.95 Å². The van der Waals surface area contributed by atoms with Crippen molar-refractivity contribution >= 4 is 11.9 Å². The molecule has 0 spiro atoms. The Balaban J connectivity index is 1.45. The zero-order valence-corrected chi connectivity index (χ0v) is 16.8. The highest BCUT2D eigenvalue weighted by molar-refractivity contribution is 5.95. The molecular weight excluding hydrogens is 380 g/mol. The minimum atomic E-state index is -0.310. The molecule has 150 valence electrons. The van der Waals surface area contributed by atoms with Gasteiger partial charge in [0.25, 0.3) is 5.91 Å². The second-order valence-electron chi connectivity index (χ2n) is 6.86. The average molecular weight is 400 g/mol. The number of carbonyl (C=O) groups is 1. The first-order chi connectivity index (χ1) is 14.5. The third-order valence-corrected chi connectivity index (χ3v) is 4.46. The number of anilines is 1. The Bertz CT molecular complexity index is 1180. The minimum Gasteiger partial charge on any atom is -0.416 e. The zero-order valence-electron chi connectivity index (χ0n) is 16.8. The number of nitrogens with zero attached hydrogens (tertiary/aromatic N) is 4. The van der Waals surface area contributed by atoms with Gasteiger partial charge < -0.3 is 4.42 Å². The van der Waals surface area contributed by atoms with Crippen molar-refractivity contribution in [2.75, 3.05) is 5.43 Å². The van der Waals surface area contributed by atoms with Gasteiger partial charge in [-0.25, -0.2) is 9.97 Å². The van der Waals surface area contributed by atoms with E-state index in [0.717, 1.165) is 28.1 Å². The Morgan fingerprint density at radius 2 is 1.53 bits per heavy atom. The normalized spacial score (nSPS) is 10.6. The number of amides is 1. The molecule has 4 rings (SSSR count). The molecule has 0 unspecified atom stereocenters. The fourth-order valence-corrected chi connectivity index (χ4v) is 2.99. The molecule has 1 amide bonds. The van der Waals surface area contributed by atoms with Crippen LogP contribution in [0.5, 0.6) is 0 Å². The van der Waals surface area contributed by atoms with Crippen LogP contribution in [-0.2, 0) is 0 Å². The van der Waals surface area contributed by atoms with Gasteiger partial charge >= 0.3 is 0 Å². The summed E-state index contributed by atoms with van der Waals surface area (Å²) in [7, 11) is 0. The van der Waals surface area contributed by atoms with Crippen molar-refractivity contribution in [3.8, 4) is 22.9 Å². The number of aryl methyl sites for hydroxylation is 3. The predicted molar refractivity (Wildman–Crippen MR) is 113 cm³/mol. The maximum atomic E-state index is 12.4. The number of hydrogen-bond acceptors (Lipinski definition) is 7. The number of hydrogen-bond donors (Lipinski definition) is 2. The van der Waals surface area contributed by atoms with Crippen molar-refractivity contribution in [2.45, 2.75) is 20.8 Å². The summed E-state index contributed by atoms with van der Waals surface area (Å²) in [6, 6.07) is 16.6. The molecule has 8 nitrogen and oxygen atoms in total. The van der Waals surface area contributed by atoms with Crippen LogP contribution in [-0.4, -0.2) is 26.1 Å². The molecule has 0 saturated carbocycles. The van der Waals surface area contributed by atoms with Gasteiger partial charge in [0.2, 0.25) is 17.7 Å². The summed E-state index contributed by atoms with van der Waals surface area (Å²) < 4.78 is 5.81. The number of aromatic nitrogens is 4. The lowest BCUT2D eigenvalue weighted by Crippen LogP contribution is -2.30. The Morgan fingerprint density at radius 1 is 0.867 bits per heavy atom. The summed E-state index contributed by atoms with van der Waals surface area (Å²) in [5, 5.41) is 8.26. The van der Waals surface area contributed by atoms with Gasteiger partial charge in [0.15, 0.2) is 0 Å². The molecule has 0 bridgehead atoms. The van der Waals surface area contributed by atoms with Crippen molar-refractivity contribution in [1.82, 2.24) is 25.6 Å². The fraction of sp³-hybridized carbons (Fsp3) is 0.136. The van der Waals surface area contributed by atoms with Crippen molar-refractivity contribution in [3.63, 3.8) is 0 Å². The van der Waals surface area contributed by atoms with E-state index < -0.39 is 0 Å². The summed E-state index contributed by atoms with van der Waals surface area (Å²) in [5.41, 5.74) is 10.1. The lowest BCUT2D eigenvalue weighted by Gasteiger charge is -2.08. The van der Waals surface area contributed by atoms with E-state index in [2.05, 4.69) is 31.0 Å². The summed E-state index contributed by atoms with van der Waals surface area (Å²) in [5.74, 6) is 0.882. The lowest BCUT2D eigenvalue weighted by atomic mass is 10.1. The summed E-state index contributed by atoms with van der Waals surface area (Å²) in [6.07, 6.45) is 0. The van der Waals surface area contributed by atoms with E-state index in [4.69, 9.17) is 4.42 Å². The predicted octanol–water partition coefficient (Wildman–Crippen LogP) is 3.88. The van der Waals surface area contributed by atoms with E-state index in [1.807, 2.05) is 51.1 Å². The van der Waals surface area contributed by atoms with E-state index in [9.17, 15) is 4.79 Å². The van der Waals surface area contributed by atoms with E-state index in [-0.39, 0.29) is 5.91 Å². The van der Waals surface area contributed by atoms with Gasteiger partial charge in [-0.15, -0.1) is 10.2 Å². The molecule has 2 aromatic heterocycles. The highest BCUT2D eigenvalue weighted by atomic mass is 16.4. The van der Waals surface area contributed by atoms with Crippen molar-refractivity contribution < 1.29 is 9.21 Å². The van der Waals surface area contributed by atoms with E-state index in [1.165, 1.54) is 0 Å². The van der Waals surface area contributed by atoms with Crippen molar-refractivity contribution in [2.24, 2.45) is 0 Å². The molecule has 30 heavy (non-hydrogen) atoms. The van der Waals surface area contributed by atoms with Crippen LogP contribution in [0.1, 0.15) is 27.3 Å². The Labute approximate surface area is 173 Å². The number of hydrazine groups is 1. The molecule has 0 radical (unpaired) electrons. The van der Waals surface area contributed by atoms with E-state index in [1.54, 1.807) is 24.3 Å². The largest absolute Gasteiger partial charge is 0.416 e. The smallest absolute Gasteiger partial charge is 0.269 e. The molecule has 2 aromatic carbocycles. The topological polar surface area (TPSA) is 106 Å². The fourth-order valence-electron chi connectivity index (χ4n) is 2.99. The molecule has 0 aliphatic heterocycles. The van der Waals surface area contributed by atoms with Gasteiger partial charge in [-0.05, 0) is 62.7 Å². The first-order valence-electron chi connectivity index (χ1n) is 9.38. The van der Waals surface area contributed by atoms with Crippen LogP contribution in [0, 0.1) is 20.8 Å². The van der Waals surface area contributed by atoms with Crippen LogP contribution in [0.2, 0.25) is 0 Å². The van der Waals surface area contributed by atoms with Crippen LogP contribution < -0.4 is 10.9 Å². The number of rotatable bonds is 5. The minimum absolute atomic E-state index is 0.310. The molecule has 4 aromatic rings. The molecule has 0 saturated heterocycles. The second-order valence-corrected chi connectivity index (χ2v) is 6.86. The number of carbonyl (C=O) groups excluding carboxylic acids is 1. The standard InChI is InChI=1S/C22H20N6O2/c1-13-6-4-5-7-18(13)21-27-26-20(30-21)17-10-8-16(9-11-17)19(29)25-28-22-23-14(2)12-15(3)24-22/h4-12H,1-3H3,(H,25,29)(H,23,24,28). The van der Waals surface area contributed by atoms with Gasteiger partial charge in [0.05, 0.1) is 0 Å². The van der Waals surface area contributed by atoms with E-state index >= 15 is 0 Å². The molecule has 0 aliphatic rings. The van der Waals surface area contributed by atoms with Gasteiger partial charge in [-0.2, -0.15) is 0 Å². The SMILES string of the molecule is Cc1cc(C)nc(NNC(=O)c2ccc(-c3nnc(-c4ccccc4C)o3)cc2)n1. The van der Waals surface area contributed by atoms with Crippen LogP contribution in [0.3, 0.4) is 0 Å². The Morgan fingerprint density at radius 3 is 2.23 bits per heavy atom. The Hall–Kier alpha value is -4.07. The molecule has 0 aliphatic carbocycles. The molecule has 2 heterocycles. The first kappa shape index (κ1) is 19.3. The highest BCUT2D eigenvalue weighted by Crippen LogP contribution is 2.26. The lowest BCUT2D eigenvalue weighted by molar-refractivity contribution is 0.0962. The van der Waals surface area contributed by atoms with Gasteiger partial charge in [0, 0.05) is 28.1 Å². The second kappa shape index (κ2) is 8.12. The van der Waals surface area contributed by atoms with Crippen LogP contribution in [0.25, 0.3) is 22.9 Å². The van der Waals surface area contributed by atoms with Gasteiger partial charge in [-0.3, -0.25) is 15.6 Å².